The number of nitrogens with zero attached hydrogens (tertiary/aromatic N) is 2. The van der Waals surface area contributed by atoms with E-state index in [1.807, 2.05) is 18.2 Å². The third kappa shape index (κ3) is 4.39. The molecule has 0 unspecified atom stereocenters. The SMILES string of the molecule is COCC(=O)OCC(=O)Nc1nnc(-c2ccccc2)o1. The number of carbonyl (C=O) groups is 2. The van der Waals surface area contributed by atoms with Crippen molar-refractivity contribution < 1.29 is 23.5 Å². The van der Waals surface area contributed by atoms with Crippen LogP contribution in [0.3, 0.4) is 0 Å². The van der Waals surface area contributed by atoms with Gasteiger partial charge in [-0.2, -0.15) is 0 Å². The monoisotopic (exact) mass is 291 g/mol. The molecule has 8 nitrogen and oxygen atoms in total. The van der Waals surface area contributed by atoms with Gasteiger partial charge in [-0.15, -0.1) is 5.10 Å². The lowest BCUT2D eigenvalue weighted by Crippen LogP contribution is -2.22. The zero-order chi connectivity index (χ0) is 15.1. The van der Waals surface area contributed by atoms with Crippen LogP contribution in [-0.2, 0) is 19.1 Å². The zero-order valence-corrected chi connectivity index (χ0v) is 11.2. The van der Waals surface area contributed by atoms with Crippen molar-refractivity contribution in [2.45, 2.75) is 0 Å². The Balaban J connectivity index is 1.88. The number of benzene rings is 1. The molecule has 0 aliphatic carbocycles. The van der Waals surface area contributed by atoms with Gasteiger partial charge < -0.3 is 13.9 Å². The molecule has 110 valence electrons. The number of methoxy groups -OCH3 is 1. The van der Waals surface area contributed by atoms with E-state index in [4.69, 9.17) is 4.42 Å². The number of amides is 1. The molecule has 1 heterocycles. The highest BCUT2D eigenvalue weighted by Crippen LogP contribution is 2.18. The fourth-order valence-electron chi connectivity index (χ4n) is 1.43. The maximum Gasteiger partial charge on any atom is 0.332 e. The lowest BCUT2D eigenvalue weighted by molar-refractivity contribution is -0.151. The molecular weight excluding hydrogens is 278 g/mol. The largest absolute Gasteiger partial charge is 0.454 e. The molecule has 1 aromatic heterocycles. The number of carbonyl (C=O) groups excluding carboxylic acids is 2. The maximum absolute atomic E-state index is 11.5. The highest BCUT2D eigenvalue weighted by Gasteiger charge is 2.12. The van der Waals surface area contributed by atoms with Crippen molar-refractivity contribution in [1.29, 1.82) is 0 Å². The fraction of sp³-hybridized carbons (Fsp3) is 0.231. The Hall–Kier alpha value is -2.74. The van der Waals surface area contributed by atoms with E-state index in [2.05, 4.69) is 25.0 Å². The minimum Gasteiger partial charge on any atom is -0.454 e. The van der Waals surface area contributed by atoms with E-state index in [-0.39, 0.29) is 18.5 Å². The molecule has 0 aliphatic heterocycles. The van der Waals surface area contributed by atoms with E-state index in [1.165, 1.54) is 7.11 Å². The highest BCUT2D eigenvalue weighted by atomic mass is 16.6. The molecule has 0 atom stereocenters. The van der Waals surface area contributed by atoms with E-state index < -0.39 is 18.5 Å². The third-order valence-electron chi connectivity index (χ3n) is 2.32. The average molecular weight is 291 g/mol. The molecule has 0 aliphatic rings. The van der Waals surface area contributed by atoms with Crippen LogP contribution in [-0.4, -0.2) is 42.4 Å². The van der Waals surface area contributed by atoms with Gasteiger partial charge in [0.25, 0.3) is 5.91 Å². The fourth-order valence-corrected chi connectivity index (χ4v) is 1.43. The molecule has 0 saturated carbocycles. The smallest absolute Gasteiger partial charge is 0.332 e. The Morgan fingerprint density at radius 1 is 1.19 bits per heavy atom. The molecule has 2 rings (SSSR count). The summed E-state index contributed by atoms with van der Waals surface area (Å²) in [7, 11) is 1.35. The van der Waals surface area contributed by atoms with Crippen molar-refractivity contribution in [3.05, 3.63) is 30.3 Å². The van der Waals surface area contributed by atoms with Crippen LogP contribution in [0.5, 0.6) is 0 Å². The third-order valence-corrected chi connectivity index (χ3v) is 2.32. The number of esters is 1. The number of anilines is 1. The van der Waals surface area contributed by atoms with Crippen molar-refractivity contribution in [2.24, 2.45) is 0 Å². The van der Waals surface area contributed by atoms with Crippen LogP contribution in [0.15, 0.2) is 34.7 Å². The zero-order valence-electron chi connectivity index (χ0n) is 11.2. The highest BCUT2D eigenvalue weighted by molar-refractivity contribution is 5.91. The summed E-state index contributed by atoms with van der Waals surface area (Å²) in [5.41, 5.74) is 0.733. The summed E-state index contributed by atoms with van der Waals surface area (Å²) in [6, 6.07) is 9.04. The van der Waals surface area contributed by atoms with Crippen molar-refractivity contribution in [1.82, 2.24) is 10.2 Å². The Kier molecular flexibility index (Phi) is 4.99. The van der Waals surface area contributed by atoms with Crippen LogP contribution in [0.4, 0.5) is 6.01 Å². The number of ether oxygens (including phenoxy) is 2. The molecular formula is C13H13N3O5. The number of aromatic nitrogens is 2. The van der Waals surface area contributed by atoms with Crippen LogP contribution < -0.4 is 5.32 Å². The molecule has 0 fully saturated rings. The van der Waals surface area contributed by atoms with Gasteiger partial charge in [-0.1, -0.05) is 23.3 Å². The molecule has 0 radical (unpaired) electrons. The summed E-state index contributed by atoms with van der Waals surface area (Å²) in [4.78, 5) is 22.5. The maximum atomic E-state index is 11.5. The lowest BCUT2D eigenvalue weighted by Gasteiger charge is -2.02. The normalized spacial score (nSPS) is 10.1. The predicted octanol–water partition coefficient (Wildman–Crippen LogP) is 0.865. The minimum atomic E-state index is -0.636. The van der Waals surface area contributed by atoms with E-state index in [1.54, 1.807) is 12.1 Å². The van der Waals surface area contributed by atoms with E-state index in [0.717, 1.165) is 5.56 Å². The lowest BCUT2D eigenvalue weighted by atomic mass is 10.2. The van der Waals surface area contributed by atoms with Gasteiger partial charge >= 0.3 is 12.0 Å². The van der Waals surface area contributed by atoms with Gasteiger partial charge in [-0.25, -0.2) is 4.79 Å². The molecule has 8 heteroatoms. The number of rotatable bonds is 6. The summed E-state index contributed by atoms with van der Waals surface area (Å²) >= 11 is 0. The molecule has 21 heavy (non-hydrogen) atoms. The first-order chi connectivity index (χ1) is 10.2. The summed E-state index contributed by atoms with van der Waals surface area (Å²) < 4.78 is 14.5. The Morgan fingerprint density at radius 2 is 1.95 bits per heavy atom. The van der Waals surface area contributed by atoms with Gasteiger partial charge in [0, 0.05) is 12.7 Å². The predicted molar refractivity (Wildman–Crippen MR) is 71.2 cm³/mol. The van der Waals surface area contributed by atoms with Gasteiger partial charge in [0.1, 0.15) is 6.61 Å². The van der Waals surface area contributed by atoms with E-state index in [9.17, 15) is 9.59 Å². The van der Waals surface area contributed by atoms with Gasteiger partial charge in [0.2, 0.25) is 5.89 Å². The average Bonchev–Trinajstić information content (AvgIpc) is 2.95. The number of nitrogens with one attached hydrogen (secondary N) is 1. The Morgan fingerprint density at radius 3 is 2.67 bits per heavy atom. The van der Waals surface area contributed by atoms with Crippen molar-refractivity contribution in [3.8, 4) is 11.5 Å². The van der Waals surface area contributed by atoms with E-state index in [0.29, 0.717) is 0 Å². The van der Waals surface area contributed by atoms with Crippen LogP contribution in [0.2, 0.25) is 0 Å². The van der Waals surface area contributed by atoms with Crippen LogP contribution >= 0.6 is 0 Å². The summed E-state index contributed by atoms with van der Waals surface area (Å²) in [6.45, 7) is -0.669. The van der Waals surface area contributed by atoms with Crippen molar-refractivity contribution in [3.63, 3.8) is 0 Å². The van der Waals surface area contributed by atoms with Crippen LogP contribution in [0.1, 0.15) is 0 Å². The van der Waals surface area contributed by atoms with Gasteiger partial charge in [0.05, 0.1) is 0 Å². The van der Waals surface area contributed by atoms with Gasteiger partial charge in [-0.3, -0.25) is 10.1 Å². The topological polar surface area (TPSA) is 104 Å². The van der Waals surface area contributed by atoms with Gasteiger partial charge in [0.15, 0.2) is 6.61 Å². The summed E-state index contributed by atoms with van der Waals surface area (Å²) in [5.74, 6) is -0.937. The second kappa shape index (κ2) is 7.15. The molecule has 2 aromatic rings. The molecule has 0 saturated heterocycles. The molecule has 1 aromatic carbocycles. The quantitative estimate of drug-likeness (QED) is 0.787. The summed E-state index contributed by atoms with van der Waals surface area (Å²) in [5, 5.41) is 9.82. The Labute approximate surface area is 120 Å². The van der Waals surface area contributed by atoms with Crippen molar-refractivity contribution in [2.75, 3.05) is 25.6 Å². The second-order valence-electron chi connectivity index (χ2n) is 3.92. The molecule has 1 N–H and O–H groups in total. The second-order valence-corrected chi connectivity index (χ2v) is 3.92. The molecule has 1 amide bonds. The standard InChI is InChI=1S/C13H13N3O5/c1-19-8-11(18)20-7-10(17)14-13-16-15-12(21-13)9-5-3-2-4-6-9/h2-6H,7-8H2,1H3,(H,14,16,17). The first kappa shape index (κ1) is 14.7. The first-order valence-electron chi connectivity index (χ1n) is 6.02. The Bertz CT molecular complexity index is 611. The van der Waals surface area contributed by atoms with Crippen molar-refractivity contribution >= 4 is 17.9 Å². The van der Waals surface area contributed by atoms with E-state index >= 15 is 0 Å². The first-order valence-corrected chi connectivity index (χ1v) is 6.02. The molecule has 0 bridgehead atoms. The number of hydrogen-bond donors (Lipinski definition) is 1. The van der Waals surface area contributed by atoms with Crippen LogP contribution in [0, 0.1) is 0 Å². The summed E-state index contributed by atoms with van der Waals surface area (Å²) in [6.07, 6.45) is 0. The molecule has 0 spiro atoms. The van der Waals surface area contributed by atoms with Crippen LogP contribution in [0.25, 0.3) is 11.5 Å². The van der Waals surface area contributed by atoms with Gasteiger partial charge in [-0.05, 0) is 12.1 Å². The number of hydrogen-bond acceptors (Lipinski definition) is 7. The minimum absolute atomic E-state index is 0.0679.